The summed E-state index contributed by atoms with van der Waals surface area (Å²) in [7, 11) is 1.56. The van der Waals surface area contributed by atoms with Crippen molar-refractivity contribution in [1.82, 2.24) is 5.43 Å². The smallest absolute Gasteiger partial charge is 0.292 e. The molecule has 0 saturated heterocycles. The molecule has 0 bridgehead atoms. The molecule has 0 aliphatic heterocycles. The first-order valence-corrected chi connectivity index (χ1v) is 6.61. The predicted octanol–water partition coefficient (Wildman–Crippen LogP) is 2.58. The third kappa shape index (κ3) is 4.35. The average Bonchev–Trinajstić information content (AvgIpc) is 2.51. The predicted molar refractivity (Wildman–Crippen MR) is 86.4 cm³/mol. The molecule has 5 nitrogen and oxygen atoms in total. The van der Waals surface area contributed by atoms with Gasteiger partial charge in [0.2, 0.25) is 5.84 Å². The van der Waals surface area contributed by atoms with Gasteiger partial charge in [-0.05, 0) is 31.2 Å². The second-order valence-corrected chi connectivity index (χ2v) is 4.51. The van der Waals surface area contributed by atoms with Gasteiger partial charge in [-0.3, -0.25) is 20.6 Å². The fourth-order valence-electron chi connectivity index (χ4n) is 1.69. The van der Waals surface area contributed by atoms with E-state index < -0.39 is 0 Å². The molecule has 2 aromatic rings. The molecule has 21 heavy (non-hydrogen) atoms. The molecular weight excluding hydrogens is 264 g/mol. The lowest BCUT2D eigenvalue weighted by Crippen LogP contribution is -2.39. The molecule has 0 unspecified atom stereocenters. The molecule has 0 saturated carbocycles. The van der Waals surface area contributed by atoms with Crippen molar-refractivity contribution < 1.29 is 4.79 Å². The largest absolute Gasteiger partial charge is 0.319 e. The second kappa shape index (κ2) is 7.09. The van der Waals surface area contributed by atoms with E-state index in [1.54, 1.807) is 7.05 Å². The topological polar surface area (TPSA) is 65.5 Å². The SMILES string of the molecule is CN=C(NNc1ccc(C)cc1)C(=O)Nc1ccccc1. The number of para-hydroxylation sites is 1. The van der Waals surface area contributed by atoms with E-state index in [0.29, 0.717) is 0 Å². The molecule has 0 aromatic heterocycles. The quantitative estimate of drug-likeness (QED) is 0.460. The standard InChI is InChI=1S/C16H18N4O/c1-12-8-10-14(11-9-12)19-20-15(17-2)16(21)18-13-6-4-3-5-7-13/h3-11,19H,1-2H3,(H,17,20)(H,18,21). The maximum Gasteiger partial charge on any atom is 0.292 e. The number of carbonyl (C=O) groups is 1. The van der Waals surface area contributed by atoms with Gasteiger partial charge in [0.1, 0.15) is 0 Å². The van der Waals surface area contributed by atoms with Gasteiger partial charge < -0.3 is 5.32 Å². The maximum absolute atomic E-state index is 12.1. The normalized spacial score (nSPS) is 10.9. The highest BCUT2D eigenvalue weighted by Gasteiger charge is 2.10. The van der Waals surface area contributed by atoms with Crippen LogP contribution in [0.15, 0.2) is 59.6 Å². The first kappa shape index (κ1) is 14.6. The Morgan fingerprint density at radius 2 is 1.62 bits per heavy atom. The molecule has 0 heterocycles. The van der Waals surface area contributed by atoms with Crippen LogP contribution in [0, 0.1) is 6.92 Å². The van der Waals surface area contributed by atoms with Crippen LogP contribution in [-0.4, -0.2) is 18.8 Å². The molecule has 0 spiro atoms. The second-order valence-electron chi connectivity index (χ2n) is 4.51. The highest BCUT2D eigenvalue weighted by molar-refractivity contribution is 6.42. The third-order valence-electron chi connectivity index (χ3n) is 2.85. The van der Waals surface area contributed by atoms with Crippen molar-refractivity contribution in [1.29, 1.82) is 0 Å². The molecule has 0 aliphatic carbocycles. The summed E-state index contributed by atoms with van der Waals surface area (Å²) in [6.45, 7) is 2.02. The first-order chi connectivity index (χ1) is 10.2. The lowest BCUT2D eigenvalue weighted by atomic mass is 10.2. The Kier molecular flexibility index (Phi) is 4.93. The van der Waals surface area contributed by atoms with E-state index in [2.05, 4.69) is 21.2 Å². The number of anilines is 2. The number of rotatable bonds is 3. The van der Waals surface area contributed by atoms with Gasteiger partial charge in [-0.25, -0.2) is 0 Å². The lowest BCUT2D eigenvalue weighted by molar-refractivity contribution is -0.110. The summed E-state index contributed by atoms with van der Waals surface area (Å²) >= 11 is 0. The minimum Gasteiger partial charge on any atom is -0.319 e. The molecule has 0 atom stereocenters. The van der Waals surface area contributed by atoms with Gasteiger partial charge in [-0.2, -0.15) is 0 Å². The molecule has 3 N–H and O–H groups in total. The Morgan fingerprint density at radius 1 is 0.952 bits per heavy atom. The molecule has 0 fully saturated rings. The Hall–Kier alpha value is -2.82. The summed E-state index contributed by atoms with van der Waals surface area (Å²) in [4.78, 5) is 16.0. The number of amidine groups is 1. The van der Waals surface area contributed by atoms with E-state index in [1.807, 2.05) is 61.5 Å². The molecule has 2 rings (SSSR count). The zero-order valence-electron chi connectivity index (χ0n) is 12.1. The first-order valence-electron chi connectivity index (χ1n) is 6.61. The number of hydrogen-bond donors (Lipinski definition) is 3. The Labute approximate surface area is 124 Å². The van der Waals surface area contributed by atoms with Gasteiger partial charge >= 0.3 is 0 Å². The van der Waals surface area contributed by atoms with Crippen molar-refractivity contribution in [3.8, 4) is 0 Å². The summed E-state index contributed by atoms with van der Waals surface area (Å²) in [6, 6.07) is 17.1. The van der Waals surface area contributed by atoms with Crippen LogP contribution in [0.3, 0.4) is 0 Å². The summed E-state index contributed by atoms with van der Waals surface area (Å²) in [5, 5.41) is 2.77. The van der Waals surface area contributed by atoms with Crippen LogP contribution < -0.4 is 16.2 Å². The minimum atomic E-state index is -0.302. The number of nitrogens with one attached hydrogen (secondary N) is 3. The number of aliphatic imine (C=N–C) groups is 1. The van der Waals surface area contributed by atoms with Crippen molar-refractivity contribution in [2.75, 3.05) is 17.8 Å². The van der Waals surface area contributed by atoms with Gasteiger partial charge in [0.05, 0.1) is 5.69 Å². The Morgan fingerprint density at radius 3 is 2.24 bits per heavy atom. The fourth-order valence-corrected chi connectivity index (χ4v) is 1.69. The van der Waals surface area contributed by atoms with E-state index in [1.165, 1.54) is 5.56 Å². The Bertz CT molecular complexity index is 620. The number of benzene rings is 2. The number of amides is 1. The van der Waals surface area contributed by atoms with Gasteiger partial charge in [-0.1, -0.05) is 35.9 Å². The molecule has 5 heteroatoms. The van der Waals surface area contributed by atoms with Crippen LogP contribution in [0.1, 0.15) is 5.56 Å². The van der Waals surface area contributed by atoms with Crippen molar-refractivity contribution in [3.63, 3.8) is 0 Å². The van der Waals surface area contributed by atoms with Gasteiger partial charge in [0, 0.05) is 12.7 Å². The van der Waals surface area contributed by atoms with Crippen molar-refractivity contribution in [3.05, 3.63) is 60.2 Å². The number of hydrazine groups is 1. The van der Waals surface area contributed by atoms with E-state index in [-0.39, 0.29) is 11.7 Å². The highest BCUT2D eigenvalue weighted by atomic mass is 16.2. The minimum absolute atomic E-state index is 0.208. The van der Waals surface area contributed by atoms with Crippen molar-refractivity contribution in [2.24, 2.45) is 4.99 Å². The van der Waals surface area contributed by atoms with Crippen molar-refractivity contribution >= 4 is 23.1 Å². The molecule has 1 amide bonds. The number of hydrogen-bond acceptors (Lipinski definition) is 3. The van der Waals surface area contributed by atoms with E-state index >= 15 is 0 Å². The summed E-state index contributed by atoms with van der Waals surface area (Å²) in [5.41, 5.74) is 8.51. The lowest BCUT2D eigenvalue weighted by Gasteiger charge is -2.12. The molecule has 2 aromatic carbocycles. The monoisotopic (exact) mass is 282 g/mol. The summed E-state index contributed by atoms with van der Waals surface area (Å²) < 4.78 is 0. The number of carbonyl (C=O) groups excluding carboxylic acids is 1. The molecular formula is C16H18N4O. The van der Waals surface area contributed by atoms with E-state index in [0.717, 1.165) is 11.4 Å². The summed E-state index contributed by atoms with van der Waals surface area (Å²) in [5.74, 6) is -0.0947. The van der Waals surface area contributed by atoms with E-state index in [9.17, 15) is 4.79 Å². The third-order valence-corrected chi connectivity index (χ3v) is 2.85. The van der Waals surface area contributed by atoms with Crippen LogP contribution >= 0.6 is 0 Å². The van der Waals surface area contributed by atoms with Crippen LogP contribution in [0.2, 0.25) is 0 Å². The van der Waals surface area contributed by atoms with Crippen LogP contribution in [-0.2, 0) is 4.79 Å². The van der Waals surface area contributed by atoms with Crippen LogP contribution in [0.5, 0.6) is 0 Å². The molecule has 0 aliphatic rings. The molecule has 108 valence electrons. The van der Waals surface area contributed by atoms with Gasteiger partial charge in [0.15, 0.2) is 0 Å². The zero-order valence-corrected chi connectivity index (χ0v) is 12.1. The van der Waals surface area contributed by atoms with Gasteiger partial charge in [-0.15, -0.1) is 0 Å². The maximum atomic E-state index is 12.1. The van der Waals surface area contributed by atoms with Crippen LogP contribution in [0.25, 0.3) is 0 Å². The number of aryl methyl sites for hydroxylation is 1. The van der Waals surface area contributed by atoms with Gasteiger partial charge in [0.25, 0.3) is 5.91 Å². The van der Waals surface area contributed by atoms with Crippen molar-refractivity contribution in [2.45, 2.75) is 6.92 Å². The number of nitrogens with zero attached hydrogens (tertiary/aromatic N) is 1. The highest BCUT2D eigenvalue weighted by Crippen LogP contribution is 2.07. The Balaban J connectivity index is 1.94. The van der Waals surface area contributed by atoms with E-state index in [4.69, 9.17) is 0 Å². The fraction of sp³-hybridized carbons (Fsp3) is 0.125. The molecule has 0 radical (unpaired) electrons. The summed E-state index contributed by atoms with van der Waals surface area (Å²) in [6.07, 6.45) is 0. The zero-order chi connectivity index (χ0) is 15.1. The van der Waals surface area contributed by atoms with Crippen LogP contribution in [0.4, 0.5) is 11.4 Å². The average molecular weight is 282 g/mol.